The van der Waals surface area contributed by atoms with E-state index in [0.29, 0.717) is 12.1 Å². The number of carbonyl (C=O) groups is 1. The van der Waals surface area contributed by atoms with E-state index in [0.717, 1.165) is 0 Å². The van der Waals surface area contributed by atoms with Crippen molar-refractivity contribution in [2.75, 3.05) is 7.11 Å². The fraction of sp³-hybridized carbons (Fsp3) is 0.111. The number of methoxy groups -OCH3 is 1. The maximum Gasteiger partial charge on any atom is 0.337 e. The summed E-state index contributed by atoms with van der Waals surface area (Å²) >= 11 is 0. The van der Waals surface area contributed by atoms with Crippen LogP contribution in [0.25, 0.3) is 22.0 Å². The zero-order chi connectivity index (χ0) is 18.3. The number of halogens is 4. The number of benzene rings is 2. The van der Waals surface area contributed by atoms with Gasteiger partial charge < -0.3 is 4.74 Å². The average Bonchev–Trinajstić information content (AvgIpc) is 2.57. The molecule has 0 atom stereocenters. The molecule has 7 heteroatoms. The van der Waals surface area contributed by atoms with Crippen LogP contribution in [0.15, 0.2) is 30.3 Å². The van der Waals surface area contributed by atoms with Crippen molar-refractivity contribution < 1.29 is 27.1 Å². The maximum atomic E-state index is 14.3. The van der Waals surface area contributed by atoms with Gasteiger partial charge in [0.1, 0.15) is 17.5 Å². The average molecular weight is 349 g/mol. The molecule has 0 saturated heterocycles. The van der Waals surface area contributed by atoms with Crippen LogP contribution >= 0.6 is 0 Å². The first-order valence-corrected chi connectivity index (χ1v) is 7.16. The van der Waals surface area contributed by atoms with E-state index in [1.54, 1.807) is 0 Å². The van der Waals surface area contributed by atoms with Gasteiger partial charge in [-0.3, -0.25) is 0 Å². The Labute approximate surface area is 139 Å². The zero-order valence-electron chi connectivity index (χ0n) is 13.2. The number of hydrogen-bond acceptors (Lipinski definition) is 3. The molecule has 25 heavy (non-hydrogen) atoms. The highest BCUT2D eigenvalue weighted by Gasteiger charge is 2.21. The number of rotatable bonds is 2. The molecule has 0 radical (unpaired) electrons. The van der Waals surface area contributed by atoms with E-state index in [4.69, 9.17) is 0 Å². The van der Waals surface area contributed by atoms with E-state index >= 15 is 0 Å². The highest BCUT2D eigenvalue weighted by molar-refractivity contribution is 6.01. The van der Waals surface area contributed by atoms with Gasteiger partial charge in [0, 0.05) is 22.9 Å². The molecule has 1 aromatic heterocycles. The first kappa shape index (κ1) is 16.9. The topological polar surface area (TPSA) is 39.2 Å². The lowest BCUT2D eigenvalue weighted by atomic mass is 9.99. The molecule has 2 aromatic carbocycles. The summed E-state index contributed by atoms with van der Waals surface area (Å²) in [6.45, 7) is 1.34. The van der Waals surface area contributed by atoms with Crippen LogP contribution in [-0.2, 0) is 4.74 Å². The lowest BCUT2D eigenvalue weighted by Gasteiger charge is -2.12. The van der Waals surface area contributed by atoms with Crippen molar-refractivity contribution in [3.05, 3.63) is 64.9 Å². The van der Waals surface area contributed by atoms with Crippen LogP contribution in [0, 0.1) is 30.2 Å². The van der Waals surface area contributed by atoms with Crippen LogP contribution in [0.5, 0.6) is 0 Å². The minimum Gasteiger partial charge on any atom is -0.465 e. The lowest BCUT2D eigenvalue weighted by molar-refractivity contribution is 0.0601. The molecular weight excluding hydrogens is 338 g/mol. The molecule has 0 spiro atoms. The van der Waals surface area contributed by atoms with Crippen molar-refractivity contribution in [2.24, 2.45) is 0 Å². The molecule has 3 aromatic rings. The second kappa shape index (κ2) is 6.16. The van der Waals surface area contributed by atoms with Gasteiger partial charge in [0.2, 0.25) is 0 Å². The van der Waals surface area contributed by atoms with Crippen molar-refractivity contribution >= 4 is 16.7 Å². The smallest absolute Gasteiger partial charge is 0.337 e. The summed E-state index contributed by atoms with van der Waals surface area (Å²) in [6, 6.07) is 4.88. The zero-order valence-corrected chi connectivity index (χ0v) is 13.2. The first-order valence-electron chi connectivity index (χ1n) is 7.16. The summed E-state index contributed by atoms with van der Waals surface area (Å²) in [6.07, 6.45) is 0. The number of aromatic nitrogens is 1. The highest BCUT2D eigenvalue weighted by Crippen LogP contribution is 2.34. The number of pyridine rings is 1. The molecule has 0 fully saturated rings. The molecule has 0 N–H and O–H groups in total. The molecule has 0 amide bonds. The summed E-state index contributed by atoms with van der Waals surface area (Å²) < 4.78 is 60.5. The molecule has 0 aliphatic carbocycles. The lowest BCUT2D eigenvalue weighted by Crippen LogP contribution is -2.04. The molecule has 0 aliphatic heterocycles. The quantitative estimate of drug-likeness (QED) is 0.503. The molecule has 3 nitrogen and oxygen atoms in total. The van der Waals surface area contributed by atoms with Gasteiger partial charge in [-0.25, -0.2) is 27.3 Å². The number of fused-ring (bicyclic) bond motifs is 1. The van der Waals surface area contributed by atoms with Crippen molar-refractivity contribution in [3.8, 4) is 11.3 Å². The van der Waals surface area contributed by atoms with Crippen LogP contribution in [0.3, 0.4) is 0 Å². The Morgan fingerprint density at radius 2 is 1.64 bits per heavy atom. The van der Waals surface area contributed by atoms with Gasteiger partial charge in [-0.05, 0) is 19.1 Å². The van der Waals surface area contributed by atoms with Gasteiger partial charge in [-0.1, -0.05) is 6.07 Å². The van der Waals surface area contributed by atoms with Crippen LogP contribution < -0.4 is 0 Å². The predicted octanol–water partition coefficient (Wildman–Crippen LogP) is 4.55. The minimum absolute atomic E-state index is 0.00964. The Kier molecular flexibility index (Phi) is 4.16. The Morgan fingerprint density at radius 3 is 2.24 bits per heavy atom. The standard InChI is InChI=1S/C18H11F4NO2/c1-8-16(22)11-4-3-9(18(24)25-2)5-12(11)17(23-8)15-13(20)6-10(19)7-14(15)21/h3-7H,1-2H3. The molecule has 3 rings (SSSR count). The fourth-order valence-corrected chi connectivity index (χ4v) is 2.61. The molecule has 1 heterocycles. The van der Waals surface area contributed by atoms with Crippen molar-refractivity contribution in [2.45, 2.75) is 6.92 Å². The molecular formula is C18H11F4NO2. The number of esters is 1. The van der Waals surface area contributed by atoms with Crippen LogP contribution in [0.1, 0.15) is 16.1 Å². The molecule has 0 bridgehead atoms. The highest BCUT2D eigenvalue weighted by atomic mass is 19.1. The fourth-order valence-electron chi connectivity index (χ4n) is 2.61. The number of aryl methyl sites for hydroxylation is 1. The summed E-state index contributed by atoms with van der Waals surface area (Å²) in [5.74, 6) is -4.83. The molecule has 128 valence electrons. The summed E-state index contributed by atoms with van der Waals surface area (Å²) in [5.41, 5.74) is -0.855. The van der Waals surface area contributed by atoms with Crippen LogP contribution in [0.2, 0.25) is 0 Å². The number of nitrogens with zero attached hydrogens (tertiary/aromatic N) is 1. The van der Waals surface area contributed by atoms with Crippen molar-refractivity contribution in [3.63, 3.8) is 0 Å². The van der Waals surface area contributed by atoms with Gasteiger partial charge in [0.25, 0.3) is 0 Å². The predicted molar refractivity (Wildman–Crippen MR) is 83.1 cm³/mol. The van der Waals surface area contributed by atoms with Crippen LogP contribution in [-0.4, -0.2) is 18.1 Å². The molecule has 0 unspecified atom stereocenters. The SMILES string of the molecule is COC(=O)c1ccc2c(F)c(C)nc(-c3c(F)cc(F)cc3F)c2c1. The van der Waals surface area contributed by atoms with Gasteiger partial charge in [-0.2, -0.15) is 0 Å². The second-order valence-corrected chi connectivity index (χ2v) is 5.36. The first-order chi connectivity index (χ1) is 11.8. The maximum absolute atomic E-state index is 14.3. The normalized spacial score (nSPS) is 11.0. The van der Waals surface area contributed by atoms with Crippen molar-refractivity contribution in [1.82, 2.24) is 4.98 Å². The Morgan fingerprint density at radius 1 is 1.00 bits per heavy atom. The van der Waals surface area contributed by atoms with E-state index in [1.807, 2.05) is 0 Å². The van der Waals surface area contributed by atoms with Crippen molar-refractivity contribution in [1.29, 1.82) is 0 Å². The van der Waals surface area contributed by atoms with E-state index < -0.39 is 34.8 Å². The van der Waals surface area contributed by atoms with Gasteiger partial charge in [0.15, 0.2) is 5.82 Å². The van der Waals surface area contributed by atoms with E-state index in [-0.39, 0.29) is 27.7 Å². The summed E-state index contributed by atoms with van der Waals surface area (Å²) in [5, 5.41) is 0.0358. The third kappa shape index (κ3) is 2.82. The van der Waals surface area contributed by atoms with E-state index in [9.17, 15) is 22.4 Å². The van der Waals surface area contributed by atoms with Gasteiger partial charge in [0.05, 0.1) is 29.6 Å². The number of carbonyl (C=O) groups excluding carboxylic acids is 1. The van der Waals surface area contributed by atoms with Crippen LogP contribution in [0.4, 0.5) is 17.6 Å². The van der Waals surface area contributed by atoms with E-state index in [2.05, 4.69) is 9.72 Å². The third-order valence-electron chi connectivity index (χ3n) is 3.77. The second-order valence-electron chi connectivity index (χ2n) is 5.36. The third-order valence-corrected chi connectivity index (χ3v) is 3.77. The monoisotopic (exact) mass is 349 g/mol. The minimum atomic E-state index is -1.18. The summed E-state index contributed by atoms with van der Waals surface area (Å²) in [7, 11) is 1.17. The summed E-state index contributed by atoms with van der Waals surface area (Å²) in [4.78, 5) is 15.6. The Hall–Kier alpha value is -2.96. The number of ether oxygens (including phenoxy) is 1. The van der Waals surface area contributed by atoms with E-state index in [1.165, 1.54) is 32.2 Å². The largest absolute Gasteiger partial charge is 0.465 e. The molecule has 0 saturated carbocycles. The Balaban J connectivity index is 2.42. The number of hydrogen-bond donors (Lipinski definition) is 0. The Bertz CT molecular complexity index is 995. The van der Waals surface area contributed by atoms with Gasteiger partial charge >= 0.3 is 5.97 Å². The molecule has 0 aliphatic rings. The van der Waals surface area contributed by atoms with Gasteiger partial charge in [-0.15, -0.1) is 0 Å².